The van der Waals surface area contributed by atoms with Crippen LogP contribution >= 0.6 is 0 Å². The summed E-state index contributed by atoms with van der Waals surface area (Å²) in [6.07, 6.45) is 1.08. The van der Waals surface area contributed by atoms with Crippen LogP contribution in [0.4, 0.5) is 0 Å². The van der Waals surface area contributed by atoms with Crippen LogP contribution in [0.3, 0.4) is 0 Å². The largest absolute Gasteiger partial charge is 0.469 e. The fourth-order valence-corrected chi connectivity index (χ4v) is 2.16. The molecule has 1 aliphatic rings. The van der Waals surface area contributed by atoms with Crippen LogP contribution in [-0.4, -0.2) is 37.6 Å². The molecule has 3 nitrogen and oxygen atoms in total. The van der Waals surface area contributed by atoms with Gasteiger partial charge in [0.1, 0.15) is 0 Å². The Morgan fingerprint density at radius 3 is 2.79 bits per heavy atom. The first-order valence-electron chi connectivity index (χ1n) is 5.35. The Hall–Kier alpha value is -0.570. The van der Waals surface area contributed by atoms with Gasteiger partial charge in [0, 0.05) is 6.54 Å². The van der Waals surface area contributed by atoms with E-state index in [1.807, 2.05) is 6.92 Å². The second-order valence-corrected chi connectivity index (χ2v) is 4.47. The first-order chi connectivity index (χ1) is 6.54. The van der Waals surface area contributed by atoms with Crippen LogP contribution in [0.2, 0.25) is 0 Å². The first-order valence-corrected chi connectivity index (χ1v) is 5.35. The number of likely N-dealkylation sites (tertiary alicyclic amines) is 1. The number of ether oxygens (including phenoxy) is 1. The van der Waals surface area contributed by atoms with Crippen LogP contribution in [0.15, 0.2) is 0 Å². The normalized spacial score (nSPS) is 34.1. The summed E-state index contributed by atoms with van der Waals surface area (Å²) in [6.45, 7) is 9.24. The molecule has 1 aliphatic heterocycles. The number of methoxy groups -OCH3 is 1. The molecule has 0 amide bonds. The Kier molecular flexibility index (Phi) is 3.53. The maximum absolute atomic E-state index is 11.7. The zero-order valence-electron chi connectivity index (χ0n) is 9.67. The molecule has 0 radical (unpaired) electrons. The Labute approximate surface area is 86.4 Å². The lowest BCUT2D eigenvalue weighted by molar-refractivity contribution is -0.158. The topological polar surface area (TPSA) is 29.5 Å². The molecule has 0 spiro atoms. The molecule has 3 heteroatoms. The van der Waals surface area contributed by atoms with Crippen LogP contribution in [-0.2, 0) is 9.53 Å². The summed E-state index contributed by atoms with van der Waals surface area (Å²) in [5.41, 5.74) is -0.316. The van der Waals surface area contributed by atoms with E-state index in [0.29, 0.717) is 5.92 Å². The molecule has 82 valence electrons. The van der Waals surface area contributed by atoms with E-state index in [2.05, 4.69) is 18.7 Å². The summed E-state index contributed by atoms with van der Waals surface area (Å²) in [5, 5.41) is 0. The van der Waals surface area contributed by atoms with Crippen molar-refractivity contribution in [3.05, 3.63) is 0 Å². The third-order valence-corrected chi connectivity index (χ3v) is 3.62. The van der Waals surface area contributed by atoms with Gasteiger partial charge in [0.25, 0.3) is 0 Å². The number of carbonyl (C=O) groups is 1. The second kappa shape index (κ2) is 4.30. The molecule has 2 atom stereocenters. The van der Waals surface area contributed by atoms with Gasteiger partial charge in [0.15, 0.2) is 0 Å². The van der Waals surface area contributed by atoms with E-state index in [1.54, 1.807) is 0 Å². The molecule has 1 heterocycles. The van der Waals surface area contributed by atoms with E-state index in [0.717, 1.165) is 26.1 Å². The quantitative estimate of drug-likeness (QED) is 0.632. The predicted molar refractivity (Wildman–Crippen MR) is 56.0 cm³/mol. The first kappa shape index (κ1) is 11.5. The minimum Gasteiger partial charge on any atom is -0.469 e. The average molecular weight is 199 g/mol. The molecular formula is C11H21NO2. The third-order valence-electron chi connectivity index (χ3n) is 3.62. The maximum atomic E-state index is 11.7. The van der Waals surface area contributed by atoms with Crippen LogP contribution in [0.25, 0.3) is 0 Å². The highest BCUT2D eigenvalue weighted by atomic mass is 16.5. The van der Waals surface area contributed by atoms with Crippen LogP contribution in [0.5, 0.6) is 0 Å². The van der Waals surface area contributed by atoms with Crippen molar-refractivity contribution in [1.82, 2.24) is 4.90 Å². The molecule has 0 aromatic heterocycles. The van der Waals surface area contributed by atoms with Crippen molar-refractivity contribution in [2.45, 2.75) is 27.2 Å². The zero-order chi connectivity index (χ0) is 10.8. The van der Waals surface area contributed by atoms with Gasteiger partial charge in [0.2, 0.25) is 0 Å². The van der Waals surface area contributed by atoms with E-state index in [4.69, 9.17) is 4.74 Å². The van der Waals surface area contributed by atoms with Crippen molar-refractivity contribution in [1.29, 1.82) is 0 Å². The molecule has 0 aromatic rings. The van der Waals surface area contributed by atoms with Crippen molar-refractivity contribution in [3.63, 3.8) is 0 Å². The van der Waals surface area contributed by atoms with Crippen LogP contribution in [0, 0.1) is 11.3 Å². The van der Waals surface area contributed by atoms with Crippen LogP contribution in [0.1, 0.15) is 27.2 Å². The number of hydrogen-bond acceptors (Lipinski definition) is 3. The molecule has 0 aromatic carbocycles. The van der Waals surface area contributed by atoms with E-state index >= 15 is 0 Å². The fraction of sp³-hybridized carbons (Fsp3) is 0.909. The molecule has 1 fully saturated rings. The predicted octanol–water partition coefficient (Wildman–Crippen LogP) is 1.53. The number of esters is 1. The second-order valence-electron chi connectivity index (χ2n) is 4.47. The van der Waals surface area contributed by atoms with Crippen molar-refractivity contribution in [2.75, 3.05) is 26.7 Å². The highest BCUT2D eigenvalue weighted by Gasteiger charge is 2.43. The summed E-state index contributed by atoms with van der Waals surface area (Å²) < 4.78 is 4.89. The number of nitrogens with zero attached hydrogens (tertiary/aromatic N) is 1. The zero-order valence-corrected chi connectivity index (χ0v) is 9.67. The Morgan fingerprint density at radius 1 is 1.64 bits per heavy atom. The van der Waals surface area contributed by atoms with Gasteiger partial charge in [-0.25, -0.2) is 0 Å². The summed E-state index contributed by atoms with van der Waals surface area (Å²) in [6, 6.07) is 0. The van der Waals surface area contributed by atoms with E-state index in [-0.39, 0.29) is 11.4 Å². The summed E-state index contributed by atoms with van der Waals surface area (Å²) >= 11 is 0. The van der Waals surface area contributed by atoms with Gasteiger partial charge in [-0.05, 0) is 32.4 Å². The van der Waals surface area contributed by atoms with Gasteiger partial charge >= 0.3 is 5.97 Å². The number of hydrogen-bond donors (Lipinski definition) is 0. The number of rotatable bonds is 2. The lowest BCUT2D eigenvalue weighted by Crippen LogP contribution is -2.50. The Bertz CT molecular complexity index is 217. The Morgan fingerprint density at radius 2 is 2.29 bits per heavy atom. The standard InChI is InChI=1S/C11H21NO2/c1-5-12-7-6-9(2)11(3,8-12)10(13)14-4/h9H,5-8H2,1-4H3/t9?,11-/m1/s1. The molecule has 0 aliphatic carbocycles. The Balaban J connectivity index is 2.76. The number of carbonyl (C=O) groups excluding carboxylic acids is 1. The van der Waals surface area contributed by atoms with Gasteiger partial charge in [-0.15, -0.1) is 0 Å². The molecule has 0 N–H and O–H groups in total. The molecule has 1 unspecified atom stereocenters. The van der Waals surface area contributed by atoms with Crippen molar-refractivity contribution in [2.24, 2.45) is 11.3 Å². The highest BCUT2D eigenvalue weighted by molar-refractivity contribution is 5.77. The van der Waals surface area contributed by atoms with Gasteiger partial charge in [-0.3, -0.25) is 4.79 Å². The van der Waals surface area contributed by atoms with Gasteiger partial charge < -0.3 is 9.64 Å². The van der Waals surface area contributed by atoms with E-state index in [1.165, 1.54) is 7.11 Å². The van der Waals surface area contributed by atoms with Crippen molar-refractivity contribution in [3.8, 4) is 0 Å². The summed E-state index contributed by atoms with van der Waals surface area (Å²) in [5.74, 6) is 0.348. The number of piperidine rings is 1. The molecular weight excluding hydrogens is 178 g/mol. The van der Waals surface area contributed by atoms with E-state index in [9.17, 15) is 4.79 Å². The molecule has 1 saturated heterocycles. The van der Waals surface area contributed by atoms with Gasteiger partial charge in [-0.2, -0.15) is 0 Å². The third kappa shape index (κ3) is 1.92. The minimum atomic E-state index is -0.316. The summed E-state index contributed by atoms with van der Waals surface area (Å²) in [4.78, 5) is 14.0. The SMILES string of the molecule is CCN1CCC(C)[C@](C)(C(=O)OC)C1. The average Bonchev–Trinajstić information content (AvgIpc) is 2.21. The molecule has 14 heavy (non-hydrogen) atoms. The molecule has 1 rings (SSSR count). The smallest absolute Gasteiger partial charge is 0.313 e. The monoisotopic (exact) mass is 199 g/mol. The lowest BCUT2D eigenvalue weighted by Gasteiger charge is -2.42. The fourth-order valence-electron chi connectivity index (χ4n) is 2.16. The van der Waals surface area contributed by atoms with Gasteiger partial charge in [-0.1, -0.05) is 13.8 Å². The minimum absolute atomic E-state index is 0.0665. The molecule has 0 bridgehead atoms. The highest BCUT2D eigenvalue weighted by Crippen LogP contribution is 2.35. The van der Waals surface area contributed by atoms with Crippen molar-refractivity contribution >= 4 is 5.97 Å². The van der Waals surface area contributed by atoms with Gasteiger partial charge in [0.05, 0.1) is 12.5 Å². The van der Waals surface area contributed by atoms with Crippen LogP contribution < -0.4 is 0 Å². The van der Waals surface area contributed by atoms with Crippen molar-refractivity contribution < 1.29 is 9.53 Å². The molecule has 0 saturated carbocycles. The van der Waals surface area contributed by atoms with E-state index < -0.39 is 0 Å². The summed E-state index contributed by atoms with van der Waals surface area (Å²) in [7, 11) is 1.48. The lowest BCUT2D eigenvalue weighted by atomic mass is 9.73. The maximum Gasteiger partial charge on any atom is 0.313 e.